The number of aromatic nitrogens is 2. The van der Waals surface area contributed by atoms with Gasteiger partial charge in [-0.2, -0.15) is 11.8 Å². The molecule has 4 atom stereocenters. The standard InChI is InChI=1S/C27H38N6O6S.CH3N.CH2N/c1-29-10-3-4-21(28)26(37)33-23(12-17-5-7-20(34)8-6-17)24(35)14-18(13-19-15-30-16-31-19)25(36)32-22(27(38)39)9-11-40-2;2*1-2/h5-8,15-16,18,21-23,34H,1,3-4,9-14,28H2,2H3,(H,30,31)(H,32,36)(H,33,37)(H,38,39);2H,1H2;1-2H/q;;+1. The van der Waals surface area contributed by atoms with Crippen LogP contribution in [0.5, 0.6) is 5.75 Å². The van der Waals surface area contributed by atoms with E-state index in [-0.39, 0.29) is 31.4 Å². The molecule has 0 spiro atoms. The monoisotopic (exact) mass is 631 g/mol. The van der Waals surface area contributed by atoms with Crippen LogP contribution in [-0.2, 0) is 32.0 Å². The van der Waals surface area contributed by atoms with Gasteiger partial charge in [0.2, 0.25) is 5.91 Å². The summed E-state index contributed by atoms with van der Waals surface area (Å²) in [7, 11) is 0. The second kappa shape index (κ2) is 23.1. The van der Waals surface area contributed by atoms with Gasteiger partial charge < -0.3 is 46.8 Å². The van der Waals surface area contributed by atoms with Gasteiger partial charge in [-0.3, -0.25) is 14.4 Å². The zero-order valence-electron chi connectivity index (χ0n) is 24.9. The van der Waals surface area contributed by atoms with Crippen molar-refractivity contribution >= 4 is 55.5 Å². The highest BCUT2D eigenvalue weighted by molar-refractivity contribution is 7.98. The average Bonchev–Trinajstić information content (AvgIpc) is 3.54. The Bertz CT molecular complexity index is 1150. The minimum atomic E-state index is -1.40. The Morgan fingerprint density at radius 2 is 1.75 bits per heavy atom. The van der Waals surface area contributed by atoms with Gasteiger partial charge in [0.05, 0.1) is 30.3 Å². The van der Waals surface area contributed by atoms with Crippen LogP contribution in [0.3, 0.4) is 0 Å². The highest BCUT2D eigenvalue weighted by Gasteiger charge is 2.31. The van der Waals surface area contributed by atoms with Crippen molar-refractivity contribution in [2.45, 2.75) is 56.7 Å². The Balaban J connectivity index is 0.00000443. The third kappa shape index (κ3) is 15.1. The average molecular weight is 632 g/mol. The van der Waals surface area contributed by atoms with E-state index in [9.17, 15) is 29.4 Å². The van der Waals surface area contributed by atoms with Crippen molar-refractivity contribution in [3.63, 3.8) is 0 Å². The minimum Gasteiger partial charge on any atom is -0.548 e. The molecule has 1 aromatic carbocycles. The number of benzene rings is 1. The highest BCUT2D eigenvalue weighted by atomic mass is 32.2. The zero-order valence-corrected chi connectivity index (χ0v) is 25.7. The van der Waals surface area contributed by atoms with Crippen molar-refractivity contribution in [3.05, 3.63) is 48.0 Å². The van der Waals surface area contributed by atoms with Crippen molar-refractivity contribution in [3.8, 4) is 5.75 Å². The number of rotatable bonds is 19. The molecule has 0 bridgehead atoms. The van der Waals surface area contributed by atoms with E-state index in [0.717, 1.165) is 0 Å². The lowest BCUT2D eigenvalue weighted by molar-refractivity contribution is -0.405. The molecule has 9 N–H and O–H groups in total. The molecule has 2 rings (SSSR count). The van der Waals surface area contributed by atoms with Gasteiger partial charge in [-0.05, 0) is 62.4 Å². The van der Waals surface area contributed by atoms with Crippen LogP contribution in [0, 0.1) is 16.7 Å². The SMILES string of the molecule is C=N.C=NCCCC([NH3+])C(=O)NC(Cc1ccc(O)cc1)C(=O)CC(Cc1cnc[nH]1)C(=O)NC(CCSC)C(=O)[O-].[CH+]=N. The van der Waals surface area contributed by atoms with E-state index in [2.05, 4.69) is 51.5 Å². The summed E-state index contributed by atoms with van der Waals surface area (Å²) in [5.41, 5.74) is 5.18. The van der Waals surface area contributed by atoms with Crippen LogP contribution in [0.2, 0.25) is 0 Å². The maximum absolute atomic E-state index is 13.6. The maximum atomic E-state index is 13.6. The quantitative estimate of drug-likeness (QED) is 0.0600. The normalized spacial score (nSPS) is 12.8. The number of carbonyl (C=O) groups is 4. The maximum Gasteiger partial charge on any atom is 0.338 e. The molecule has 1 aromatic heterocycles. The second-order valence-electron chi connectivity index (χ2n) is 9.53. The molecule has 2 amide bonds. The summed E-state index contributed by atoms with van der Waals surface area (Å²) >= 11 is 1.44. The Labute approximate surface area is 261 Å². The fraction of sp³-hybridized carbons (Fsp3) is 0.448. The van der Waals surface area contributed by atoms with Crippen LogP contribution < -0.4 is 21.5 Å². The van der Waals surface area contributed by atoms with Crippen molar-refractivity contribution < 1.29 is 35.1 Å². The number of thioether (sulfide) groups is 1. The molecule has 0 radical (unpaired) electrons. The van der Waals surface area contributed by atoms with Gasteiger partial charge in [-0.25, -0.2) is 4.98 Å². The van der Waals surface area contributed by atoms with Crippen molar-refractivity contribution in [1.29, 1.82) is 10.8 Å². The van der Waals surface area contributed by atoms with Gasteiger partial charge in [-0.1, -0.05) is 17.5 Å². The first-order valence-corrected chi connectivity index (χ1v) is 15.0. The summed E-state index contributed by atoms with van der Waals surface area (Å²) in [6, 6.07) is 3.44. The van der Waals surface area contributed by atoms with E-state index < -0.39 is 47.6 Å². The molecule has 0 fully saturated rings. The minimum absolute atomic E-state index is 0.0598. The first-order valence-electron chi connectivity index (χ1n) is 13.6. The number of phenolic OH excluding ortho intramolecular Hbond substituents is 1. The molecule has 4 unspecified atom stereocenters. The number of nitrogens with one attached hydrogen (secondary N) is 5. The molecule has 1 heterocycles. The van der Waals surface area contributed by atoms with Crippen molar-refractivity contribution in [2.75, 3.05) is 18.6 Å². The molecule has 0 aliphatic heterocycles. The number of carboxylic acid groups (broad SMARTS) is 1. The lowest BCUT2D eigenvalue weighted by atomic mass is 9.90. The fourth-order valence-corrected chi connectivity index (χ4v) is 4.53. The van der Waals surface area contributed by atoms with Gasteiger partial charge >= 0.3 is 6.72 Å². The molecule has 0 saturated carbocycles. The Hall–Kier alpha value is -4.46. The molecule has 44 heavy (non-hydrogen) atoms. The van der Waals surface area contributed by atoms with Gasteiger partial charge in [0.15, 0.2) is 11.8 Å². The number of amides is 2. The third-order valence-corrected chi connectivity index (χ3v) is 7.02. The molecule has 0 aliphatic carbocycles. The second-order valence-corrected chi connectivity index (χ2v) is 10.5. The van der Waals surface area contributed by atoms with Crippen LogP contribution in [0.15, 0.2) is 41.8 Å². The predicted molar refractivity (Wildman–Crippen MR) is 168 cm³/mol. The molecule has 14 nitrogen and oxygen atoms in total. The molecule has 0 saturated heterocycles. The fourth-order valence-electron chi connectivity index (χ4n) is 4.06. The number of aliphatic imine (C=N–C) groups is 1. The highest BCUT2D eigenvalue weighted by Crippen LogP contribution is 2.17. The smallest absolute Gasteiger partial charge is 0.338 e. The zero-order chi connectivity index (χ0) is 33.5. The largest absolute Gasteiger partial charge is 0.548 e. The molecule has 2 aromatic rings. The first-order chi connectivity index (χ1) is 21.1. The van der Waals surface area contributed by atoms with Crippen LogP contribution in [-0.4, -0.2) is 95.5 Å². The number of hydrogen-bond donors (Lipinski definition) is 7. The lowest BCUT2D eigenvalue weighted by Gasteiger charge is -2.25. The predicted octanol–water partition coefficient (Wildman–Crippen LogP) is -0.552. The van der Waals surface area contributed by atoms with E-state index in [1.54, 1.807) is 12.1 Å². The summed E-state index contributed by atoms with van der Waals surface area (Å²) in [6.45, 7) is 10.2. The number of nitrogens with zero attached hydrogens (tertiary/aromatic N) is 2. The van der Waals surface area contributed by atoms with E-state index in [0.29, 0.717) is 36.4 Å². The number of carboxylic acids is 1. The van der Waals surface area contributed by atoms with E-state index in [4.69, 9.17) is 10.8 Å². The number of aromatic amines is 1. The number of ketones is 1. The molecule has 15 heteroatoms. The number of aromatic hydroxyl groups is 1. The van der Waals surface area contributed by atoms with Crippen LogP contribution >= 0.6 is 11.8 Å². The Morgan fingerprint density at radius 1 is 1.11 bits per heavy atom. The molecular weight excluding hydrogens is 588 g/mol. The van der Waals surface area contributed by atoms with E-state index in [1.165, 1.54) is 36.4 Å². The van der Waals surface area contributed by atoms with Crippen LogP contribution in [0.4, 0.5) is 0 Å². The first kappa shape index (κ1) is 39.5. The Kier molecular flexibility index (Phi) is 20.7. The van der Waals surface area contributed by atoms with Gasteiger partial charge in [0.1, 0.15) is 5.75 Å². The number of imidazole rings is 1. The van der Waals surface area contributed by atoms with Gasteiger partial charge in [-0.15, -0.1) is 0 Å². The van der Waals surface area contributed by atoms with E-state index in [1.807, 2.05) is 6.26 Å². The molecule has 240 valence electrons. The van der Waals surface area contributed by atoms with Gasteiger partial charge in [0, 0.05) is 37.7 Å². The topological polar surface area (TPSA) is 252 Å². The number of carbonyl (C=O) groups excluding carboxylic acids is 4. The summed E-state index contributed by atoms with van der Waals surface area (Å²) in [4.78, 5) is 62.0. The number of phenols is 1. The summed E-state index contributed by atoms with van der Waals surface area (Å²) in [5.74, 6) is -3.21. The third-order valence-electron chi connectivity index (χ3n) is 6.37. The van der Waals surface area contributed by atoms with Crippen molar-refractivity contribution in [1.82, 2.24) is 20.6 Å². The summed E-state index contributed by atoms with van der Waals surface area (Å²) in [5, 5.41) is 37.3. The van der Waals surface area contributed by atoms with Crippen LogP contribution in [0.25, 0.3) is 0 Å². The summed E-state index contributed by atoms with van der Waals surface area (Å²) < 4.78 is 0. The number of H-pyrrole nitrogens is 1. The number of Topliss-reactive ketones (excluding diaryl/α,β-unsaturated/α-hetero) is 1. The molecule has 0 aliphatic rings. The number of hydrogen-bond acceptors (Lipinski definition) is 11. The van der Waals surface area contributed by atoms with Gasteiger partial charge in [0.25, 0.3) is 5.91 Å². The lowest BCUT2D eigenvalue weighted by Crippen LogP contribution is -2.68. The number of quaternary nitrogens is 1. The Morgan fingerprint density at radius 3 is 2.30 bits per heavy atom. The summed E-state index contributed by atoms with van der Waals surface area (Å²) in [6.07, 6.45) is 5.99. The van der Waals surface area contributed by atoms with Crippen molar-refractivity contribution in [2.24, 2.45) is 10.9 Å². The number of aliphatic carboxylic acids is 1. The van der Waals surface area contributed by atoms with Crippen LogP contribution in [0.1, 0.15) is 36.9 Å². The van der Waals surface area contributed by atoms with E-state index >= 15 is 0 Å². The molecular formula is C29H43N8O6S+.